The number of rotatable bonds is 5. The van der Waals surface area contributed by atoms with E-state index in [2.05, 4.69) is 15.3 Å². The van der Waals surface area contributed by atoms with E-state index >= 15 is 0 Å². The minimum Gasteiger partial charge on any atom is -0.376 e. The Morgan fingerprint density at radius 2 is 2.06 bits per heavy atom. The lowest BCUT2D eigenvalue weighted by Gasteiger charge is -2.22. The van der Waals surface area contributed by atoms with Crippen LogP contribution in [0.4, 0.5) is 5.82 Å². The normalized spacial score (nSPS) is 16.2. The quantitative estimate of drug-likeness (QED) is 0.806. The monoisotopic (exact) mass is 246 g/mol. The maximum atomic E-state index is 8.86. The average molecular weight is 246 g/mol. The van der Waals surface area contributed by atoms with E-state index in [9.17, 15) is 0 Å². The molecule has 0 aliphatic heterocycles. The summed E-state index contributed by atoms with van der Waals surface area (Å²) in [6.45, 7) is 1.30. The van der Waals surface area contributed by atoms with Crippen molar-refractivity contribution in [3.8, 4) is 6.07 Å². The van der Waals surface area contributed by atoms with Crippen molar-refractivity contribution in [1.82, 2.24) is 9.97 Å². The molecule has 0 radical (unpaired) electrons. The summed E-state index contributed by atoms with van der Waals surface area (Å²) in [5.74, 6) is 0.534. The van der Waals surface area contributed by atoms with Crippen LogP contribution in [0.2, 0.25) is 0 Å². The fraction of sp³-hybridized carbons (Fsp3) is 0.615. The molecule has 2 rings (SSSR count). The molecular formula is C13H18N4O. The Bertz CT molecular complexity index is 410. The molecule has 0 saturated heterocycles. The van der Waals surface area contributed by atoms with Gasteiger partial charge in [0.2, 0.25) is 0 Å². The van der Waals surface area contributed by atoms with Crippen molar-refractivity contribution in [2.75, 3.05) is 18.5 Å². The van der Waals surface area contributed by atoms with Gasteiger partial charge in [-0.3, -0.25) is 0 Å². The van der Waals surface area contributed by atoms with E-state index in [0.717, 1.165) is 0 Å². The van der Waals surface area contributed by atoms with Crippen molar-refractivity contribution >= 4 is 5.82 Å². The maximum absolute atomic E-state index is 8.86. The number of nitrogens with one attached hydrogen (secondary N) is 1. The summed E-state index contributed by atoms with van der Waals surface area (Å²) in [5, 5.41) is 11.9. The number of hydrogen-bond acceptors (Lipinski definition) is 5. The minimum atomic E-state index is 0.329. The summed E-state index contributed by atoms with van der Waals surface area (Å²) in [5.41, 5.74) is 0.329. The highest BCUT2D eigenvalue weighted by Gasteiger charge is 2.13. The lowest BCUT2D eigenvalue weighted by atomic mass is 9.98. The molecule has 1 aliphatic rings. The first-order chi connectivity index (χ1) is 8.90. The van der Waals surface area contributed by atoms with Gasteiger partial charge >= 0.3 is 0 Å². The topological polar surface area (TPSA) is 70.8 Å². The van der Waals surface area contributed by atoms with Gasteiger partial charge in [-0.1, -0.05) is 19.3 Å². The Morgan fingerprint density at radius 3 is 2.83 bits per heavy atom. The first-order valence-electron chi connectivity index (χ1n) is 6.46. The third-order valence-electron chi connectivity index (χ3n) is 3.10. The summed E-state index contributed by atoms with van der Waals surface area (Å²) in [4.78, 5) is 8.02. The fourth-order valence-electron chi connectivity index (χ4n) is 2.18. The van der Waals surface area contributed by atoms with Crippen LogP contribution in [-0.4, -0.2) is 29.2 Å². The van der Waals surface area contributed by atoms with E-state index in [0.29, 0.717) is 30.8 Å². The van der Waals surface area contributed by atoms with Crippen molar-refractivity contribution in [1.29, 1.82) is 5.26 Å². The van der Waals surface area contributed by atoms with Gasteiger partial charge in [-0.05, 0) is 12.8 Å². The lowest BCUT2D eigenvalue weighted by molar-refractivity contribution is 0.0347. The van der Waals surface area contributed by atoms with Gasteiger partial charge < -0.3 is 10.1 Å². The van der Waals surface area contributed by atoms with E-state index < -0.39 is 0 Å². The molecule has 1 fully saturated rings. The number of aromatic nitrogens is 2. The van der Waals surface area contributed by atoms with Crippen LogP contribution in [0, 0.1) is 11.3 Å². The number of nitrogens with zero attached hydrogens (tertiary/aromatic N) is 3. The van der Waals surface area contributed by atoms with Crippen LogP contribution < -0.4 is 5.32 Å². The molecule has 0 unspecified atom stereocenters. The summed E-state index contributed by atoms with van der Waals surface area (Å²) in [6.07, 6.45) is 9.75. The van der Waals surface area contributed by atoms with Crippen LogP contribution in [0.3, 0.4) is 0 Å². The molecule has 0 bridgehead atoms. The largest absolute Gasteiger partial charge is 0.376 e. The molecule has 96 valence electrons. The molecule has 0 spiro atoms. The lowest BCUT2D eigenvalue weighted by Crippen LogP contribution is -2.21. The molecule has 18 heavy (non-hydrogen) atoms. The molecule has 1 aromatic heterocycles. The Hall–Kier alpha value is -1.67. The second-order valence-electron chi connectivity index (χ2n) is 4.42. The second kappa shape index (κ2) is 6.92. The van der Waals surface area contributed by atoms with Gasteiger partial charge in [-0.15, -0.1) is 0 Å². The van der Waals surface area contributed by atoms with Crippen LogP contribution in [-0.2, 0) is 4.74 Å². The zero-order chi connectivity index (χ0) is 12.6. The third kappa shape index (κ3) is 3.67. The smallest absolute Gasteiger partial charge is 0.182 e. The predicted octanol–water partition coefficient (Wildman–Crippen LogP) is 2.11. The molecule has 1 aromatic rings. The Balaban J connectivity index is 1.70. The van der Waals surface area contributed by atoms with Crippen molar-refractivity contribution in [2.45, 2.75) is 38.2 Å². The fourth-order valence-corrected chi connectivity index (χ4v) is 2.18. The molecule has 0 atom stereocenters. The highest BCUT2D eigenvalue weighted by atomic mass is 16.5. The van der Waals surface area contributed by atoms with Gasteiger partial charge in [0.15, 0.2) is 11.5 Å². The van der Waals surface area contributed by atoms with E-state index in [1.54, 1.807) is 6.20 Å². The number of nitriles is 1. The third-order valence-corrected chi connectivity index (χ3v) is 3.10. The summed E-state index contributed by atoms with van der Waals surface area (Å²) in [6, 6.07) is 2.01. The van der Waals surface area contributed by atoms with Crippen molar-refractivity contribution < 1.29 is 4.74 Å². The van der Waals surface area contributed by atoms with Crippen molar-refractivity contribution in [3.63, 3.8) is 0 Å². The standard InChI is InChI=1S/C13H18N4O/c14-10-12-13(16-7-6-15-12)17-8-9-18-11-4-2-1-3-5-11/h6-7,11H,1-5,8-9H2,(H,16,17). The van der Waals surface area contributed by atoms with Crippen LogP contribution >= 0.6 is 0 Å². The van der Waals surface area contributed by atoms with E-state index in [4.69, 9.17) is 10.00 Å². The highest BCUT2D eigenvalue weighted by molar-refractivity contribution is 5.46. The Kier molecular flexibility index (Phi) is 4.91. The van der Waals surface area contributed by atoms with Crippen LogP contribution in [0.1, 0.15) is 37.8 Å². The number of hydrogen-bond donors (Lipinski definition) is 1. The van der Waals surface area contributed by atoms with Crippen LogP contribution in [0.5, 0.6) is 0 Å². The number of anilines is 1. The molecular weight excluding hydrogens is 228 g/mol. The van der Waals surface area contributed by atoms with Crippen molar-refractivity contribution in [3.05, 3.63) is 18.1 Å². The SMILES string of the molecule is N#Cc1nccnc1NCCOC1CCCCC1. The van der Waals surface area contributed by atoms with Gasteiger partial charge in [-0.2, -0.15) is 5.26 Å². The molecule has 1 saturated carbocycles. The molecule has 1 aliphatic carbocycles. The minimum absolute atomic E-state index is 0.329. The molecule has 5 nitrogen and oxygen atoms in total. The second-order valence-corrected chi connectivity index (χ2v) is 4.42. The zero-order valence-electron chi connectivity index (χ0n) is 10.4. The van der Waals surface area contributed by atoms with Gasteiger partial charge in [0, 0.05) is 18.9 Å². The van der Waals surface area contributed by atoms with Gasteiger partial charge in [0.05, 0.1) is 12.7 Å². The molecule has 1 N–H and O–H groups in total. The first kappa shape index (κ1) is 12.8. The van der Waals surface area contributed by atoms with Crippen molar-refractivity contribution in [2.24, 2.45) is 0 Å². The summed E-state index contributed by atoms with van der Waals surface area (Å²) < 4.78 is 5.78. The summed E-state index contributed by atoms with van der Waals surface area (Å²) in [7, 11) is 0. The van der Waals surface area contributed by atoms with Crippen LogP contribution in [0.25, 0.3) is 0 Å². The Labute approximate surface area is 107 Å². The molecule has 1 heterocycles. The highest BCUT2D eigenvalue weighted by Crippen LogP contribution is 2.20. The van der Waals surface area contributed by atoms with E-state index in [-0.39, 0.29) is 0 Å². The predicted molar refractivity (Wildman–Crippen MR) is 68.1 cm³/mol. The van der Waals surface area contributed by atoms with Gasteiger partial charge in [0.25, 0.3) is 0 Å². The molecule has 0 amide bonds. The van der Waals surface area contributed by atoms with Gasteiger partial charge in [0.1, 0.15) is 6.07 Å². The molecule has 0 aromatic carbocycles. The average Bonchev–Trinajstić information content (AvgIpc) is 2.45. The summed E-state index contributed by atoms with van der Waals surface area (Å²) >= 11 is 0. The zero-order valence-corrected chi connectivity index (χ0v) is 10.4. The maximum Gasteiger partial charge on any atom is 0.182 e. The van der Waals surface area contributed by atoms with E-state index in [1.165, 1.54) is 38.3 Å². The van der Waals surface area contributed by atoms with E-state index in [1.807, 2.05) is 6.07 Å². The van der Waals surface area contributed by atoms with Gasteiger partial charge in [-0.25, -0.2) is 9.97 Å². The first-order valence-corrected chi connectivity index (χ1v) is 6.46. The number of ether oxygens (including phenoxy) is 1. The molecule has 5 heteroatoms. The Morgan fingerprint density at radius 1 is 1.28 bits per heavy atom. The van der Waals surface area contributed by atoms with Crippen LogP contribution in [0.15, 0.2) is 12.4 Å².